The Bertz CT molecular complexity index is 583. The summed E-state index contributed by atoms with van der Waals surface area (Å²) in [5.41, 5.74) is 3.00. The van der Waals surface area contributed by atoms with Crippen LogP contribution in [0.1, 0.15) is 34.8 Å². The third-order valence-corrected chi connectivity index (χ3v) is 3.84. The van der Waals surface area contributed by atoms with Crippen molar-refractivity contribution < 1.29 is 0 Å². The molecule has 0 fully saturated rings. The SMILES string of the molecule is Cc1nc(CCNC(C)c2cccc(C#N)c2)cs1. The van der Waals surface area contributed by atoms with Crippen molar-refractivity contribution in [1.29, 1.82) is 5.26 Å². The maximum absolute atomic E-state index is 8.89. The normalized spacial score (nSPS) is 12.1. The van der Waals surface area contributed by atoms with Crippen LogP contribution in [-0.2, 0) is 6.42 Å². The standard InChI is InChI=1S/C15H17N3S/c1-11(14-5-3-4-13(8-14)9-16)17-7-6-15-10-19-12(2)18-15/h3-5,8,10-11,17H,6-7H2,1-2H3. The summed E-state index contributed by atoms with van der Waals surface area (Å²) < 4.78 is 0. The van der Waals surface area contributed by atoms with Crippen molar-refractivity contribution in [2.75, 3.05) is 6.54 Å². The van der Waals surface area contributed by atoms with Crippen LogP contribution in [0.4, 0.5) is 0 Å². The minimum atomic E-state index is 0.244. The first-order valence-electron chi connectivity index (χ1n) is 6.33. The summed E-state index contributed by atoms with van der Waals surface area (Å²) in [5, 5.41) is 15.6. The van der Waals surface area contributed by atoms with Crippen molar-refractivity contribution in [3.8, 4) is 6.07 Å². The lowest BCUT2D eigenvalue weighted by Crippen LogP contribution is -2.21. The first-order chi connectivity index (χ1) is 9.19. The maximum Gasteiger partial charge on any atom is 0.0991 e. The third-order valence-electron chi connectivity index (χ3n) is 3.01. The van der Waals surface area contributed by atoms with Gasteiger partial charge < -0.3 is 5.32 Å². The van der Waals surface area contributed by atoms with Crippen molar-refractivity contribution >= 4 is 11.3 Å². The molecular weight excluding hydrogens is 254 g/mol. The molecule has 0 saturated heterocycles. The van der Waals surface area contributed by atoms with Gasteiger partial charge in [0.25, 0.3) is 0 Å². The molecule has 0 bridgehead atoms. The molecule has 1 N–H and O–H groups in total. The minimum absolute atomic E-state index is 0.244. The quantitative estimate of drug-likeness (QED) is 0.908. The Kier molecular flexibility index (Phi) is 4.67. The van der Waals surface area contributed by atoms with Gasteiger partial charge in [-0.1, -0.05) is 12.1 Å². The smallest absolute Gasteiger partial charge is 0.0991 e. The van der Waals surface area contributed by atoms with Crippen molar-refractivity contribution in [2.24, 2.45) is 0 Å². The van der Waals surface area contributed by atoms with Gasteiger partial charge >= 0.3 is 0 Å². The highest BCUT2D eigenvalue weighted by atomic mass is 32.1. The summed E-state index contributed by atoms with van der Waals surface area (Å²) in [5.74, 6) is 0. The van der Waals surface area contributed by atoms with Gasteiger partial charge in [-0.05, 0) is 31.5 Å². The molecule has 2 rings (SSSR count). The minimum Gasteiger partial charge on any atom is -0.310 e. The molecule has 98 valence electrons. The van der Waals surface area contributed by atoms with Crippen LogP contribution >= 0.6 is 11.3 Å². The Morgan fingerprint density at radius 2 is 2.32 bits per heavy atom. The van der Waals surface area contributed by atoms with Gasteiger partial charge in [-0.3, -0.25) is 0 Å². The van der Waals surface area contributed by atoms with E-state index in [1.165, 1.54) is 0 Å². The van der Waals surface area contributed by atoms with Crippen molar-refractivity contribution in [2.45, 2.75) is 26.3 Å². The van der Waals surface area contributed by atoms with Crippen LogP contribution in [0.2, 0.25) is 0 Å². The van der Waals surface area contributed by atoms with Gasteiger partial charge in [-0.2, -0.15) is 5.26 Å². The molecule has 1 aromatic heterocycles. The number of aryl methyl sites for hydroxylation is 1. The highest BCUT2D eigenvalue weighted by molar-refractivity contribution is 7.09. The molecular formula is C15H17N3S. The molecule has 0 saturated carbocycles. The van der Waals surface area contributed by atoms with E-state index in [0.29, 0.717) is 5.56 Å². The highest BCUT2D eigenvalue weighted by Gasteiger charge is 2.06. The molecule has 0 aliphatic carbocycles. The van der Waals surface area contributed by atoms with Gasteiger partial charge in [-0.25, -0.2) is 4.98 Å². The lowest BCUT2D eigenvalue weighted by Gasteiger charge is -2.13. The van der Waals surface area contributed by atoms with Gasteiger partial charge in [0.15, 0.2) is 0 Å². The average molecular weight is 271 g/mol. The zero-order chi connectivity index (χ0) is 13.7. The lowest BCUT2D eigenvalue weighted by atomic mass is 10.1. The molecule has 19 heavy (non-hydrogen) atoms. The molecule has 2 aromatic rings. The molecule has 1 unspecified atom stereocenters. The second-order valence-corrected chi connectivity index (χ2v) is 5.58. The van der Waals surface area contributed by atoms with Gasteiger partial charge in [-0.15, -0.1) is 11.3 Å². The van der Waals surface area contributed by atoms with Crippen LogP contribution in [0, 0.1) is 18.3 Å². The maximum atomic E-state index is 8.89. The first kappa shape index (κ1) is 13.7. The van der Waals surface area contributed by atoms with E-state index in [1.54, 1.807) is 11.3 Å². The Morgan fingerprint density at radius 1 is 1.47 bits per heavy atom. The fraction of sp³-hybridized carbons (Fsp3) is 0.333. The van der Waals surface area contributed by atoms with E-state index in [9.17, 15) is 0 Å². The van der Waals surface area contributed by atoms with Crippen LogP contribution in [0.5, 0.6) is 0 Å². The lowest BCUT2D eigenvalue weighted by molar-refractivity contribution is 0.574. The predicted molar refractivity (Wildman–Crippen MR) is 78.1 cm³/mol. The zero-order valence-electron chi connectivity index (χ0n) is 11.2. The van der Waals surface area contributed by atoms with Crippen LogP contribution < -0.4 is 5.32 Å². The number of aromatic nitrogens is 1. The molecule has 0 radical (unpaired) electrons. The molecule has 3 nitrogen and oxygen atoms in total. The van der Waals surface area contributed by atoms with Gasteiger partial charge in [0.2, 0.25) is 0 Å². The highest BCUT2D eigenvalue weighted by Crippen LogP contribution is 2.14. The Labute approximate surface area is 117 Å². The number of nitrogens with zero attached hydrogens (tertiary/aromatic N) is 2. The van der Waals surface area contributed by atoms with Crippen LogP contribution in [0.15, 0.2) is 29.6 Å². The second kappa shape index (κ2) is 6.46. The molecule has 0 aliphatic rings. The fourth-order valence-corrected chi connectivity index (χ4v) is 2.58. The first-order valence-corrected chi connectivity index (χ1v) is 7.21. The Morgan fingerprint density at radius 3 is 3.00 bits per heavy atom. The monoisotopic (exact) mass is 271 g/mol. The summed E-state index contributed by atoms with van der Waals surface area (Å²) >= 11 is 1.69. The number of benzene rings is 1. The van der Waals surface area contributed by atoms with E-state index in [2.05, 4.69) is 28.7 Å². The van der Waals surface area contributed by atoms with E-state index in [1.807, 2.05) is 31.2 Å². The van der Waals surface area contributed by atoms with E-state index in [-0.39, 0.29) is 6.04 Å². The summed E-state index contributed by atoms with van der Waals surface area (Å²) in [4.78, 5) is 4.44. The Hall–Kier alpha value is -1.70. The number of hydrogen-bond donors (Lipinski definition) is 1. The molecule has 1 heterocycles. The van der Waals surface area contributed by atoms with Crippen LogP contribution in [0.25, 0.3) is 0 Å². The van der Waals surface area contributed by atoms with Crippen molar-refractivity contribution in [1.82, 2.24) is 10.3 Å². The number of nitriles is 1. The van der Waals surface area contributed by atoms with Crippen molar-refractivity contribution in [3.63, 3.8) is 0 Å². The predicted octanol–water partition coefficient (Wildman–Crippen LogP) is 3.22. The second-order valence-electron chi connectivity index (χ2n) is 4.52. The van der Waals surface area contributed by atoms with Crippen LogP contribution in [-0.4, -0.2) is 11.5 Å². The van der Waals surface area contributed by atoms with E-state index in [4.69, 9.17) is 5.26 Å². The van der Waals surface area contributed by atoms with Crippen LogP contribution in [0.3, 0.4) is 0 Å². The Balaban J connectivity index is 1.87. The summed E-state index contributed by atoms with van der Waals surface area (Å²) in [6, 6.07) is 10.2. The summed E-state index contributed by atoms with van der Waals surface area (Å²) in [6.07, 6.45) is 0.937. The number of nitrogens with one attached hydrogen (secondary N) is 1. The largest absolute Gasteiger partial charge is 0.310 e. The number of rotatable bonds is 5. The molecule has 0 aliphatic heterocycles. The van der Waals surface area contributed by atoms with E-state index in [0.717, 1.165) is 29.2 Å². The zero-order valence-corrected chi connectivity index (χ0v) is 12.0. The summed E-state index contributed by atoms with van der Waals surface area (Å²) in [6.45, 7) is 5.03. The van der Waals surface area contributed by atoms with Gasteiger partial charge in [0.05, 0.1) is 22.3 Å². The van der Waals surface area contributed by atoms with Gasteiger partial charge in [0, 0.05) is 24.4 Å². The van der Waals surface area contributed by atoms with Crippen molar-refractivity contribution in [3.05, 3.63) is 51.5 Å². The van der Waals surface area contributed by atoms with Gasteiger partial charge in [0.1, 0.15) is 0 Å². The number of hydrogen-bond acceptors (Lipinski definition) is 4. The van der Waals surface area contributed by atoms with E-state index < -0.39 is 0 Å². The molecule has 1 aromatic carbocycles. The molecule has 0 amide bonds. The topological polar surface area (TPSA) is 48.7 Å². The summed E-state index contributed by atoms with van der Waals surface area (Å²) in [7, 11) is 0. The molecule has 1 atom stereocenters. The fourth-order valence-electron chi connectivity index (χ4n) is 1.94. The molecule has 0 spiro atoms. The molecule has 4 heteroatoms. The third kappa shape index (κ3) is 3.88. The number of thiazole rings is 1. The van der Waals surface area contributed by atoms with E-state index >= 15 is 0 Å². The average Bonchev–Trinajstić information content (AvgIpc) is 2.84.